The van der Waals surface area contributed by atoms with E-state index in [0.29, 0.717) is 6.42 Å². The quantitative estimate of drug-likeness (QED) is 0.626. The molecule has 0 radical (unpaired) electrons. The molecule has 1 aliphatic heterocycles. The van der Waals surface area contributed by atoms with Crippen LogP contribution in [0.4, 0.5) is 4.79 Å². The van der Waals surface area contributed by atoms with E-state index in [1.165, 1.54) is 4.90 Å². The second kappa shape index (κ2) is 8.23. The molecule has 0 spiro atoms. The number of hydrogen-bond acceptors (Lipinski definition) is 5. The van der Waals surface area contributed by atoms with Crippen LogP contribution in [-0.4, -0.2) is 71.1 Å². The third-order valence-corrected chi connectivity index (χ3v) is 6.02. The Bertz CT molecular complexity index is 1060. The Hall–Kier alpha value is -2.66. The normalized spacial score (nSPS) is 20.6. The maximum absolute atomic E-state index is 13.0. The van der Waals surface area contributed by atoms with Gasteiger partial charge in [-0.3, -0.25) is 9.48 Å². The fourth-order valence-corrected chi connectivity index (χ4v) is 4.82. The first-order valence-corrected chi connectivity index (χ1v) is 11.6. The first-order valence-electron chi connectivity index (χ1n) is 9.73. The van der Waals surface area contributed by atoms with Gasteiger partial charge in [0, 0.05) is 30.1 Å². The molecular formula is C19H27N5O5S. The summed E-state index contributed by atoms with van der Waals surface area (Å²) >= 11 is 0. The lowest BCUT2D eigenvalue weighted by atomic mass is 10.1. The van der Waals surface area contributed by atoms with Crippen molar-refractivity contribution in [1.82, 2.24) is 24.7 Å². The maximum atomic E-state index is 13.0. The molecule has 1 saturated heterocycles. The number of amides is 2. The minimum absolute atomic E-state index is 0.0673. The van der Waals surface area contributed by atoms with E-state index in [1.54, 1.807) is 11.6 Å². The van der Waals surface area contributed by atoms with E-state index in [-0.39, 0.29) is 24.2 Å². The smallest absolute Gasteiger partial charge is 0.407 e. The summed E-state index contributed by atoms with van der Waals surface area (Å²) in [6.07, 6.45) is 0.164. The summed E-state index contributed by atoms with van der Waals surface area (Å²) in [4.78, 5) is 25.8. The van der Waals surface area contributed by atoms with Crippen molar-refractivity contribution in [2.75, 3.05) is 12.8 Å². The Balaban J connectivity index is 1.81. The van der Waals surface area contributed by atoms with Gasteiger partial charge < -0.3 is 15.3 Å². The number of nitrogens with one attached hydrogen (secondary N) is 2. The zero-order valence-corrected chi connectivity index (χ0v) is 18.2. The number of hydrogen-bond donors (Lipinski definition) is 3. The molecule has 1 fully saturated rings. The lowest BCUT2D eigenvalue weighted by Gasteiger charge is -2.26. The number of fused-ring (bicyclic) bond motifs is 1. The van der Waals surface area contributed by atoms with E-state index in [9.17, 15) is 23.1 Å². The molecule has 2 aromatic rings. The Morgan fingerprint density at radius 2 is 1.90 bits per heavy atom. The predicted molar refractivity (Wildman–Crippen MR) is 112 cm³/mol. The minimum Gasteiger partial charge on any atom is -0.465 e. The third kappa shape index (κ3) is 4.57. The van der Waals surface area contributed by atoms with Crippen LogP contribution in [0.25, 0.3) is 10.9 Å². The number of likely N-dealkylation sites (tertiary alicyclic amines) is 1. The van der Waals surface area contributed by atoms with Crippen LogP contribution in [0.3, 0.4) is 0 Å². The van der Waals surface area contributed by atoms with Crippen molar-refractivity contribution in [1.29, 1.82) is 0 Å². The number of carboxylic acid groups (broad SMARTS) is 1. The first-order chi connectivity index (χ1) is 14.0. The molecule has 1 unspecified atom stereocenters. The lowest BCUT2D eigenvalue weighted by molar-refractivity contribution is 0.0931. The molecule has 10 nitrogen and oxygen atoms in total. The van der Waals surface area contributed by atoms with Gasteiger partial charge in [-0.25, -0.2) is 17.9 Å². The van der Waals surface area contributed by atoms with Crippen LogP contribution in [0.2, 0.25) is 0 Å². The summed E-state index contributed by atoms with van der Waals surface area (Å²) < 4.78 is 27.3. The zero-order valence-electron chi connectivity index (χ0n) is 17.4. The molecule has 164 valence electrons. The van der Waals surface area contributed by atoms with Gasteiger partial charge in [-0.15, -0.1) is 0 Å². The van der Waals surface area contributed by atoms with Gasteiger partial charge in [-0.1, -0.05) is 18.2 Å². The molecule has 1 aromatic carbocycles. The second-order valence-corrected chi connectivity index (χ2v) is 9.77. The topological polar surface area (TPSA) is 134 Å². The highest BCUT2D eigenvalue weighted by Gasteiger charge is 2.40. The van der Waals surface area contributed by atoms with Gasteiger partial charge in [-0.2, -0.15) is 5.10 Å². The molecule has 0 aliphatic carbocycles. The summed E-state index contributed by atoms with van der Waals surface area (Å²) in [5.74, 6) is -0.384. The van der Waals surface area contributed by atoms with Crippen LogP contribution >= 0.6 is 0 Å². The van der Waals surface area contributed by atoms with E-state index in [0.717, 1.165) is 17.2 Å². The van der Waals surface area contributed by atoms with Crippen molar-refractivity contribution in [2.24, 2.45) is 0 Å². The molecule has 1 aromatic heterocycles. The molecule has 0 bridgehead atoms. The second-order valence-electron chi connectivity index (χ2n) is 7.99. The molecule has 3 rings (SSSR count). The molecule has 30 heavy (non-hydrogen) atoms. The fraction of sp³-hybridized carbons (Fsp3) is 0.526. The summed E-state index contributed by atoms with van der Waals surface area (Å²) in [5.41, 5.74) is 1.13. The number of aromatic nitrogens is 2. The highest BCUT2D eigenvalue weighted by molar-refractivity contribution is 7.88. The van der Waals surface area contributed by atoms with Gasteiger partial charge in [0.25, 0.3) is 5.91 Å². The van der Waals surface area contributed by atoms with Crippen molar-refractivity contribution in [3.63, 3.8) is 0 Å². The summed E-state index contributed by atoms with van der Waals surface area (Å²) in [6, 6.07) is 5.84. The summed E-state index contributed by atoms with van der Waals surface area (Å²) in [7, 11) is -3.49. The number of para-hydroxylation sites is 1. The van der Waals surface area contributed by atoms with Gasteiger partial charge >= 0.3 is 6.09 Å². The lowest BCUT2D eigenvalue weighted by Crippen LogP contribution is -2.48. The van der Waals surface area contributed by atoms with Gasteiger partial charge in [0.05, 0.1) is 17.8 Å². The molecule has 2 heterocycles. The third-order valence-electron chi connectivity index (χ3n) is 5.22. The molecule has 0 saturated carbocycles. The highest BCUT2D eigenvalue weighted by atomic mass is 32.2. The standard InChI is InChI=1S/C19H27N5O5S/c1-11(2)24-15-8-6-5-7-14(15)17(21-24)18(25)20-13-9-16(23(10-13)19(26)27)12(3)22-30(4,28)29/h5-8,11-13,16,22H,9-10H2,1-4H3,(H,20,25)(H,26,27)/t12?,13-,16-/m0/s1. The minimum atomic E-state index is -3.49. The average molecular weight is 438 g/mol. The van der Waals surface area contributed by atoms with Crippen molar-refractivity contribution in [3.05, 3.63) is 30.0 Å². The number of sulfonamides is 1. The highest BCUT2D eigenvalue weighted by Crippen LogP contribution is 2.24. The van der Waals surface area contributed by atoms with Gasteiger partial charge in [0.2, 0.25) is 10.0 Å². The fourth-order valence-electron chi connectivity index (χ4n) is 3.99. The molecule has 11 heteroatoms. The number of benzene rings is 1. The van der Waals surface area contributed by atoms with Crippen LogP contribution in [-0.2, 0) is 10.0 Å². The van der Waals surface area contributed by atoms with Gasteiger partial charge in [-0.05, 0) is 33.3 Å². The van der Waals surface area contributed by atoms with E-state index >= 15 is 0 Å². The van der Waals surface area contributed by atoms with E-state index in [1.807, 2.05) is 38.1 Å². The van der Waals surface area contributed by atoms with Crippen LogP contribution < -0.4 is 10.0 Å². The van der Waals surface area contributed by atoms with Crippen LogP contribution in [0.1, 0.15) is 43.7 Å². The Morgan fingerprint density at radius 3 is 2.50 bits per heavy atom. The molecule has 1 aliphatic rings. The van der Waals surface area contributed by atoms with Crippen LogP contribution in [0.15, 0.2) is 24.3 Å². The monoisotopic (exact) mass is 437 g/mol. The Morgan fingerprint density at radius 1 is 1.23 bits per heavy atom. The Kier molecular flexibility index (Phi) is 6.04. The molecule has 3 N–H and O–H groups in total. The van der Waals surface area contributed by atoms with E-state index < -0.39 is 34.2 Å². The van der Waals surface area contributed by atoms with Gasteiger partial charge in [0.1, 0.15) is 0 Å². The van der Waals surface area contributed by atoms with E-state index in [4.69, 9.17) is 0 Å². The van der Waals surface area contributed by atoms with Gasteiger partial charge in [0.15, 0.2) is 5.69 Å². The largest absolute Gasteiger partial charge is 0.465 e. The average Bonchev–Trinajstić information content (AvgIpc) is 3.22. The summed E-state index contributed by atoms with van der Waals surface area (Å²) in [6.45, 7) is 5.64. The summed E-state index contributed by atoms with van der Waals surface area (Å²) in [5, 5.41) is 17.6. The number of rotatable bonds is 6. The number of nitrogens with zero attached hydrogens (tertiary/aromatic N) is 3. The maximum Gasteiger partial charge on any atom is 0.407 e. The van der Waals surface area contributed by atoms with Crippen molar-refractivity contribution >= 4 is 32.9 Å². The first kappa shape index (κ1) is 22.0. The van der Waals surface area contributed by atoms with E-state index in [2.05, 4.69) is 15.1 Å². The van der Waals surface area contributed by atoms with Crippen molar-refractivity contribution in [2.45, 2.75) is 51.4 Å². The Labute approximate surface area is 175 Å². The van der Waals surface area contributed by atoms with Crippen LogP contribution in [0, 0.1) is 0 Å². The SMILES string of the molecule is CC(NS(C)(=O)=O)[C@@H]1C[C@H](NC(=O)c2nn(C(C)C)c3ccccc23)CN1C(=O)O. The molecule has 2 amide bonds. The zero-order chi connectivity index (χ0) is 22.2. The number of carbonyl (C=O) groups excluding carboxylic acids is 1. The van der Waals surface area contributed by atoms with Crippen molar-refractivity contribution in [3.8, 4) is 0 Å². The van der Waals surface area contributed by atoms with Crippen molar-refractivity contribution < 1.29 is 23.1 Å². The molecule has 3 atom stereocenters. The van der Waals surface area contributed by atoms with Crippen LogP contribution in [0.5, 0.6) is 0 Å². The predicted octanol–water partition coefficient (Wildman–Crippen LogP) is 1.41. The molecular weight excluding hydrogens is 410 g/mol. The number of carbonyl (C=O) groups is 2.